The number of carbonyl (C=O) groups excluding carboxylic acids is 1. The Morgan fingerprint density at radius 1 is 1.14 bits per heavy atom. The molecule has 3 rings (SSSR count). The summed E-state index contributed by atoms with van der Waals surface area (Å²) in [5.41, 5.74) is 4.32. The molecule has 0 spiro atoms. The highest BCUT2D eigenvalue weighted by Crippen LogP contribution is 2.38. The van der Waals surface area contributed by atoms with E-state index < -0.39 is 0 Å². The smallest absolute Gasteiger partial charge is 0.224 e. The van der Waals surface area contributed by atoms with Gasteiger partial charge in [-0.1, -0.05) is 55.6 Å². The highest BCUT2D eigenvalue weighted by molar-refractivity contribution is 9.11. The number of halogens is 3. The van der Waals surface area contributed by atoms with E-state index in [0.29, 0.717) is 11.4 Å². The first-order valence-corrected chi connectivity index (χ1v) is 8.65. The fourth-order valence-electron chi connectivity index (χ4n) is 2.45. The molecule has 1 unspecified atom stereocenters. The second-order valence-corrected chi connectivity index (χ2v) is 7.20. The van der Waals surface area contributed by atoms with Crippen molar-refractivity contribution in [3.05, 3.63) is 62.6 Å². The number of anilines is 1. The van der Waals surface area contributed by atoms with Crippen LogP contribution in [0.3, 0.4) is 0 Å². The van der Waals surface area contributed by atoms with E-state index in [-0.39, 0.29) is 10.7 Å². The molecule has 2 nitrogen and oxygen atoms in total. The summed E-state index contributed by atoms with van der Waals surface area (Å²) >= 11 is 13.4. The van der Waals surface area contributed by atoms with Crippen molar-refractivity contribution >= 4 is 55.1 Å². The zero-order chi connectivity index (χ0) is 15.0. The number of amides is 1. The summed E-state index contributed by atoms with van der Waals surface area (Å²) in [5.74, 6) is 0.0863. The molecule has 0 radical (unpaired) electrons. The largest absolute Gasteiger partial charge is 0.326 e. The molecule has 0 saturated heterocycles. The Bertz CT molecular complexity index is 717. The van der Waals surface area contributed by atoms with E-state index in [4.69, 9.17) is 11.6 Å². The summed E-state index contributed by atoms with van der Waals surface area (Å²) in [6, 6.07) is 11.9. The normalized spacial score (nSPS) is 15.3. The van der Waals surface area contributed by atoms with Crippen LogP contribution in [0, 0.1) is 0 Å². The average molecular weight is 430 g/mol. The van der Waals surface area contributed by atoms with Gasteiger partial charge in [0.15, 0.2) is 0 Å². The molecule has 1 atom stereocenters. The second-order valence-electron chi connectivity index (χ2n) is 4.99. The highest BCUT2D eigenvalue weighted by atomic mass is 79.9. The first kappa shape index (κ1) is 15.1. The molecule has 1 aliphatic heterocycles. The number of benzene rings is 2. The Labute approximate surface area is 145 Å². The standard InChI is InChI=1S/C16H12Br2ClNO/c17-13-4-3-11(19)8-12(13)16(18)10-1-5-14-9(7-10)2-6-15(21)20-14/h1,3-5,7-8,16H,2,6H2,(H,20,21). The van der Waals surface area contributed by atoms with E-state index in [2.05, 4.69) is 43.2 Å². The SMILES string of the molecule is O=C1CCc2cc(C(Br)c3cc(Cl)ccc3Br)ccc2N1. The van der Waals surface area contributed by atoms with E-state index in [0.717, 1.165) is 27.7 Å². The van der Waals surface area contributed by atoms with Crippen LogP contribution in [0.1, 0.15) is 27.9 Å². The number of hydrogen-bond acceptors (Lipinski definition) is 1. The molecule has 1 heterocycles. The Morgan fingerprint density at radius 3 is 2.76 bits per heavy atom. The fraction of sp³-hybridized carbons (Fsp3) is 0.188. The number of carbonyl (C=O) groups is 1. The van der Waals surface area contributed by atoms with Crippen LogP contribution in [-0.2, 0) is 11.2 Å². The molecular weight excluding hydrogens is 417 g/mol. The van der Waals surface area contributed by atoms with Gasteiger partial charge in [0.1, 0.15) is 0 Å². The van der Waals surface area contributed by atoms with Gasteiger partial charge in [0.05, 0.1) is 4.83 Å². The predicted octanol–water partition coefficient (Wildman–Crippen LogP) is 5.47. The summed E-state index contributed by atoms with van der Waals surface area (Å²) in [7, 11) is 0. The van der Waals surface area contributed by atoms with Crippen LogP contribution in [0.4, 0.5) is 5.69 Å². The van der Waals surface area contributed by atoms with Crippen molar-refractivity contribution in [1.82, 2.24) is 0 Å². The van der Waals surface area contributed by atoms with Crippen molar-refractivity contribution < 1.29 is 4.79 Å². The third kappa shape index (κ3) is 3.17. The van der Waals surface area contributed by atoms with Crippen molar-refractivity contribution in [2.45, 2.75) is 17.7 Å². The summed E-state index contributed by atoms with van der Waals surface area (Å²) in [4.78, 5) is 11.5. The molecule has 2 aromatic rings. The lowest BCUT2D eigenvalue weighted by Gasteiger charge is -2.20. The number of hydrogen-bond donors (Lipinski definition) is 1. The first-order valence-electron chi connectivity index (χ1n) is 6.56. The number of aryl methyl sites for hydroxylation is 1. The van der Waals surface area contributed by atoms with Crippen molar-refractivity contribution in [1.29, 1.82) is 0 Å². The molecule has 1 amide bonds. The maximum absolute atomic E-state index is 11.4. The van der Waals surface area contributed by atoms with Crippen LogP contribution in [0.15, 0.2) is 40.9 Å². The molecule has 1 aliphatic rings. The maximum atomic E-state index is 11.4. The third-order valence-electron chi connectivity index (χ3n) is 3.55. The molecule has 0 aliphatic carbocycles. The lowest BCUT2D eigenvalue weighted by atomic mass is 9.97. The van der Waals surface area contributed by atoms with Crippen LogP contribution in [0.25, 0.3) is 0 Å². The summed E-state index contributed by atoms with van der Waals surface area (Å²) in [5, 5.41) is 3.61. The molecule has 5 heteroatoms. The minimum absolute atomic E-state index is 0.0495. The first-order chi connectivity index (χ1) is 10.0. The topological polar surface area (TPSA) is 29.1 Å². The zero-order valence-corrected chi connectivity index (χ0v) is 14.9. The number of nitrogens with one attached hydrogen (secondary N) is 1. The van der Waals surface area contributed by atoms with E-state index in [1.165, 1.54) is 5.56 Å². The van der Waals surface area contributed by atoms with E-state index in [9.17, 15) is 4.79 Å². The molecule has 0 aromatic heterocycles. The molecule has 2 aromatic carbocycles. The van der Waals surface area contributed by atoms with Crippen LogP contribution in [0.2, 0.25) is 5.02 Å². The van der Waals surface area contributed by atoms with Crippen molar-refractivity contribution in [2.75, 3.05) is 5.32 Å². The monoisotopic (exact) mass is 427 g/mol. The molecule has 1 N–H and O–H groups in total. The van der Waals surface area contributed by atoms with Gasteiger partial charge in [-0.05, 0) is 47.4 Å². The lowest BCUT2D eigenvalue weighted by molar-refractivity contribution is -0.116. The van der Waals surface area contributed by atoms with E-state index >= 15 is 0 Å². The van der Waals surface area contributed by atoms with Crippen LogP contribution in [0.5, 0.6) is 0 Å². The number of fused-ring (bicyclic) bond motifs is 1. The van der Waals surface area contributed by atoms with Gasteiger partial charge < -0.3 is 5.32 Å². The molecule has 0 bridgehead atoms. The second kappa shape index (κ2) is 6.11. The molecular formula is C16H12Br2ClNO. The van der Waals surface area contributed by atoms with Gasteiger partial charge in [0.2, 0.25) is 5.91 Å². The van der Waals surface area contributed by atoms with Crippen LogP contribution >= 0.6 is 43.5 Å². The highest BCUT2D eigenvalue weighted by Gasteiger charge is 2.19. The van der Waals surface area contributed by atoms with Crippen LogP contribution < -0.4 is 5.32 Å². The Hall–Kier alpha value is -0.840. The Morgan fingerprint density at radius 2 is 1.95 bits per heavy atom. The zero-order valence-electron chi connectivity index (χ0n) is 11.0. The van der Waals surface area contributed by atoms with Crippen LogP contribution in [-0.4, -0.2) is 5.91 Å². The van der Waals surface area contributed by atoms with Gasteiger partial charge in [-0.2, -0.15) is 0 Å². The van der Waals surface area contributed by atoms with Gasteiger partial charge in [0, 0.05) is 21.6 Å². The lowest BCUT2D eigenvalue weighted by Crippen LogP contribution is -2.19. The molecule has 108 valence electrons. The number of alkyl halides is 1. The van der Waals surface area contributed by atoms with Crippen molar-refractivity contribution in [3.63, 3.8) is 0 Å². The molecule has 21 heavy (non-hydrogen) atoms. The van der Waals surface area contributed by atoms with Crippen molar-refractivity contribution in [3.8, 4) is 0 Å². The van der Waals surface area contributed by atoms with Crippen molar-refractivity contribution in [2.24, 2.45) is 0 Å². The number of rotatable bonds is 2. The summed E-state index contributed by atoms with van der Waals surface area (Å²) < 4.78 is 1.01. The summed E-state index contributed by atoms with van der Waals surface area (Å²) in [6.07, 6.45) is 1.33. The quantitative estimate of drug-likeness (QED) is 0.630. The van der Waals surface area contributed by atoms with Gasteiger partial charge in [0.25, 0.3) is 0 Å². The molecule has 0 saturated carbocycles. The van der Waals surface area contributed by atoms with E-state index in [1.54, 1.807) is 0 Å². The Balaban J connectivity index is 1.97. The minimum atomic E-state index is 0.0495. The van der Waals surface area contributed by atoms with Gasteiger partial charge in [-0.25, -0.2) is 0 Å². The average Bonchev–Trinajstić information content (AvgIpc) is 2.48. The maximum Gasteiger partial charge on any atom is 0.224 e. The van der Waals surface area contributed by atoms with Gasteiger partial charge in [-0.3, -0.25) is 4.79 Å². The van der Waals surface area contributed by atoms with E-state index in [1.807, 2.05) is 30.3 Å². The Kier molecular flexibility index (Phi) is 4.38. The minimum Gasteiger partial charge on any atom is -0.326 e. The predicted molar refractivity (Wildman–Crippen MR) is 93.3 cm³/mol. The van der Waals surface area contributed by atoms with Gasteiger partial charge in [-0.15, -0.1) is 0 Å². The fourth-order valence-corrected chi connectivity index (χ4v) is 4.08. The third-order valence-corrected chi connectivity index (χ3v) is 5.53. The summed E-state index contributed by atoms with van der Waals surface area (Å²) in [6.45, 7) is 0. The van der Waals surface area contributed by atoms with Gasteiger partial charge >= 0.3 is 0 Å². The molecule has 0 fully saturated rings.